The van der Waals surface area contributed by atoms with E-state index in [1.807, 2.05) is 42.8 Å². The Morgan fingerprint density at radius 1 is 1.21 bits per heavy atom. The van der Waals surface area contributed by atoms with Gasteiger partial charge in [-0.15, -0.1) is 0 Å². The average Bonchev–Trinajstić information content (AvgIpc) is 2.58. The molecule has 0 saturated carbocycles. The lowest BCUT2D eigenvalue weighted by Crippen LogP contribution is -2.22. The number of hydrogen-bond donors (Lipinski definition) is 1. The summed E-state index contributed by atoms with van der Waals surface area (Å²) < 4.78 is 38.2. The van der Waals surface area contributed by atoms with Gasteiger partial charge in [0.1, 0.15) is 0 Å². The van der Waals surface area contributed by atoms with Crippen LogP contribution in [0.25, 0.3) is 10.9 Å². The van der Waals surface area contributed by atoms with Crippen LogP contribution in [0.1, 0.15) is 17.7 Å². The van der Waals surface area contributed by atoms with Gasteiger partial charge in [0.05, 0.1) is 6.42 Å². The number of hydrogen-bond acceptors (Lipinski definition) is 1. The summed E-state index contributed by atoms with van der Waals surface area (Å²) in [7, 11) is 1.94. The minimum atomic E-state index is -4.10. The van der Waals surface area contributed by atoms with Crippen molar-refractivity contribution in [2.24, 2.45) is 7.05 Å². The Morgan fingerprint density at radius 3 is 2.53 bits per heavy atom. The molecule has 0 fully saturated rings. The molecule has 0 atom stereocenters. The van der Waals surface area contributed by atoms with Gasteiger partial charge in [-0.05, 0) is 18.6 Å². The summed E-state index contributed by atoms with van der Waals surface area (Å²) in [6, 6.07) is 7.98. The van der Waals surface area contributed by atoms with E-state index in [1.165, 1.54) is 0 Å². The summed E-state index contributed by atoms with van der Waals surface area (Å²) in [6.07, 6.45) is -4.89. The van der Waals surface area contributed by atoms with Crippen molar-refractivity contribution in [3.8, 4) is 0 Å². The number of rotatable bonds is 4. The molecular formula is C14H17F3N2. The average molecular weight is 270 g/mol. The van der Waals surface area contributed by atoms with Crippen LogP contribution < -0.4 is 5.32 Å². The number of nitrogens with zero attached hydrogens (tertiary/aromatic N) is 1. The molecule has 0 radical (unpaired) electrons. The molecule has 2 rings (SSSR count). The smallest absolute Gasteiger partial charge is 0.346 e. The fraction of sp³-hybridized carbons (Fsp3) is 0.429. The van der Waals surface area contributed by atoms with E-state index < -0.39 is 12.6 Å². The van der Waals surface area contributed by atoms with Gasteiger partial charge in [0, 0.05) is 36.7 Å². The molecule has 0 aliphatic carbocycles. The predicted molar refractivity (Wildman–Crippen MR) is 70.0 cm³/mol. The maximum absolute atomic E-state index is 12.1. The fourth-order valence-corrected chi connectivity index (χ4v) is 2.32. The SMILES string of the molecule is Cc1c(CNCCC(F)(F)F)n(C)c2ccccc12. The standard InChI is InChI=1S/C14H17F3N2/c1-10-11-5-3-4-6-12(11)19(2)13(10)9-18-8-7-14(15,16)17/h3-6,18H,7-9H2,1-2H3. The molecule has 0 aliphatic heterocycles. The van der Waals surface area contributed by atoms with E-state index in [9.17, 15) is 13.2 Å². The number of halogens is 3. The molecule has 19 heavy (non-hydrogen) atoms. The second kappa shape index (κ2) is 5.25. The molecule has 0 unspecified atom stereocenters. The van der Waals surface area contributed by atoms with E-state index in [4.69, 9.17) is 0 Å². The van der Waals surface area contributed by atoms with Gasteiger partial charge < -0.3 is 9.88 Å². The number of fused-ring (bicyclic) bond motifs is 1. The molecule has 1 aromatic heterocycles. The molecule has 1 aromatic carbocycles. The number of alkyl halides is 3. The zero-order valence-electron chi connectivity index (χ0n) is 11.0. The minimum Gasteiger partial charge on any atom is -0.346 e. The van der Waals surface area contributed by atoms with Gasteiger partial charge in [0.15, 0.2) is 0 Å². The van der Waals surface area contributed by atoms with Crippen LogP contribution in [0.4, 0.5) is 13.2 Å². The van der Waals surface area contributed by atoms with Gasteiger partial charge in [0.2, 0.25) is 0 Å². The van der Waals surface area contributed by atoms with Crippen molar-refractivity contribution < 1.29 is 13.2 Å². The summed E-state index contributed by atoms with van der Waals surface area (Å²) in [4.78, 5) is 0. The van der Waals surface area contributed by atoms with Crippen LogP contribution in [0.3, 0.4) is 0 Å². The molecule has 0 spiro atoms. The van der Waals surface area contributed by atoms with E-state index in [0.717, 1.165) is 22.2 Å². The van der Waals surface area contributed by atoms with Crippen molar-refractivity contribution in [1.82, 2.24) is 9.88 Å². The number of benzene rings is 1. The first-order valence-corrected chi connectivity index (χ1v) is 6.20. The molecule has 104 valence electrons. The molecule has 5 heteroatoms. The largest absolute Gasteiger partial charge is 0.390 e. The third-order valence-electron chi connectivity index (χ3n) is 3.38. The van der Waals surface area contributed by atoms with Crippen molar-refractivity contribution in [2.75, 3.05) is 6.54 Å². The normalized spacial score (nSPS) is 12.3. The first kappa shape index (κ1) is 13.9. The van der Waals surface area contributed by atoms with Crippen molar-refractivity contribution in [1.29, 1.82) is 0 Å². The van der Waals surface area contributed by atoms with E-state index >= 15 is 0 Å². The van der Waals surface area contributed by atoms with Crippen molar-refractivity contribution >= 4 is 10.9 Å². The highest BCUT2D eigenvalue weighted by Gasteiger charge is 2.26. The molecule has 0 amide bonds. The third kappa shape index (κ3) is 3.10. The Bertz CT molecular complexity index is 531. The second-order valence-corrected chi connectivity index (χ2v) is 4.69. The molecular weight excluding hydrogens is 253 g/mol. The molecule has 1 heterocycles. The summed E-state index contributed by atoms with van der Waals surface area (Å²) in [5.41, 5.74) is 3.26. The number of para-hydroxylation sites is 1. The highest BCUT2D eigenvalue weighted by Crippen LogP contribution is 2.24. The number of nitrogens with one attached hydrogen (secondary N) is 1. The first-order chi connectivity index (χ1) is 8.90. The maximum Gasteiger partial charge on any atom is 0.390 e. The van der Waals surface area contributed by atoms with E-state index in [1.54, 1.807) is 0 Å². The van der Waals surface area contributed by atoms with Crippen LogP contribution in [0.2, 0.25) is 0 Å². The molecule has 2 nitrogen and oxygen atoms in total. The summed E-state index contributed by atoms with van der Waals surface area (Å²) in [5.74, 6) is 0. The van der Waals surface area contributed by atoms with Crippen molar-refractivity contribution in [3.05, 3.63) is 35.5 Å². The quantitative estimate of drug-likeness (QED) is 0.841. The van der Waals surface area contributed by atoms with Crippen LogP contribution in [0.15, 0.2) is 24.3 Å². The molecule has 0 aliphatic rings. The lowest BCUT2D eigenvalue weighted by Gasteiger charge is -2.09. The van der Waals surface area contributed by atoms with E-state index in [2.05, 4.69) is 5.32 Å². The van der Waals surface area contributed by atoms with Gasteiger partial charge in [0.25, 0.3) is 0 Å². The van der Waals surface area contributed by atoms with E-state index in [0.29, 0.717) is 6.54 Å². The predicted octanol–water partition coefficient (Wildman–Crippen LogP) is 3.53. The third-order valence-corrected chi connectivity index (χ3v) is 3.38. The zero-order valence-corrected chi connectivity index (χ0v) is 11.0. The van der Waals surface area contributed by atoms with Gasteiger partial charge in [-0.2, -0.15) is 13.2 Å². The highest BCUT2D eigenvalue weighted by molar-refractivity contribution is 5.85. The highest BCUT2D eigenvalue weighted by atomic mass is 19.4. The molecule has 0 saturated heterocycles. The monoisotopic (exact) mass is 270 g/mol. The van der Waals surface area contributed by atoms with Crippen LogP contribution in [-0.2, 0) is 13.6 Å². The lowest BCUT2D eigenvalue weighted by molar-refractivity contribution is -0.133. The Kier molecular flexibility index (Phi) is 3.85. The number of aryl methyl sites for hydroxylation is 2. The summed E-state index contributed by atoms with van der Waals surface area (Å²) in [5, 5.41) is 4.01. The molecule has 2 aromatic rings. The van der Waals surface area contributed by atoms with Gasteiger partial charge in [-0.1, -0.05) is 18.2 Å². The Hall–Kier alpha value is -1.49. The van der Waals surface area contributed by atoms with Crippen molar-refractivity contribution in [3.63, 3.8) is 0 Å². The van der Waals surface area contributed by atoms with Crippen LogP contribution in [0.5, 0.6) is 0 Å². The molecule has 0 bridgehead atoms. The lowest BCUT2D eigenvalue weighted by atomic mass is 10.1. The Balaban J connectivity index is 2.09. The topological polar surface area (TPSA) is 17.0 Å². The second-order valence-electron chi connectivity index (χ2n) is 4.69. The summed E-state index contributed by atoms with van der Waals surface area (Å²) >= 11 is 0. The summed E-state index contributed by atoms with van der Waals surface area (Å²) in [6.45, 7) is 2.40. The van der Waals surface area contributed by atoms with Gasteiger partial charge in [-0.3, -0.25) is 0 Å². The fourth-order valence-electron chi connectivity index (χ4n) is 2.32. The van der Waals surface area contributed by atoms with Crippen LogP contribution in [-0.4, -0.2) is 17.3 Å². The first-order valence-electron chi connectivity index (χ1n) is 6.20. The van der Waals surface area contributed by atoms with Crippen LogP contribution in [0, 0.1) is 6.92 Å². The van der Waals surface area contributed by atoms with Crippen molar-refractivity contribution in [2.45, 2.75) is 26.1 Å². The Morgan fingerprint density at radius 2 is 1.89 bits per heavy atom. The van der Waals surface area contributed by atoms with Gasteiger partial charge in [-0.25, -0.2) is 0 Å². The van der Waals surface area contributed by atoms with E-state index in [-0.39, 0.29) is 6.54 Å². The zero-order chi connectivity index (χ0) is 14.0. The maximum atomic E-state index is 12.1. The molecule has 1 N–H and O–H groups in total. The van der Waals surface area contributed by atoms with Crippen LogP contribution >= 0.6 is 0 Å². The van der Waals surface area contributed by atoms with Gasteiger partial charge >= 0.3 is 6.18 Å². The Labute approximate surface area is 110 Å². The number of aromatic nitrogens is 1. The minimum absolute atomic E-state index is 0.0511.